The van der Waals surface area contributed by atoms with E-state index in [0.29, 0.717) is 16.3 Å². The number of carbonyl (C=O) groups excluding carboxylic acids is 2. The second kappa shape index (κ2) is 8.41. The van der Waals surface area contributed by atoms with Crippen molar-refractivity contribution >= 4 is 51.3 Å². The van der Waals surface area contributed by atoms with Gasteiger partial charge in [0.2, 0.25) is 0 Å². The van der Waals surface area contributed by atoms with Gasteiger partial charge in [0.15, 0.2) is 0 Å². The van der Waals surface area contributed by atoms with Gasteiger partial charge in [-0.25, -0.2) is 0 Å². The molecule has 1 fully saturated rings. The van der Waals surface area contributed by atoms with Gasteiger partial charge < -0.3 is 9.67 Å². The Bertz CT molecular complexity index is 1540. The smallest absolute Gasteiger partial charge is 0.300 e. The first-order chi connectivity index (χ1) is 16.8. The number of rotatable bonds is 4. The molecular weight excluding hydrogens is 470 g/mol. The molecule has 0 radical (unpaired) electrons. The molecule has 5 rings (SSSR count). The minimum atomic E-state index is -0.933. The first-order valence-corrected chi connectivity index (χ1v) is 11.0. The summed E-state index contributed by atoms with van der Waals surface area (Å²) in [7, 11) is 1.86. The molecule has 1 unspecified atom stereocenters. The number of nitro benzene ring substituents is 1. The van der Waals surface area contributed by atoms with Crippen molar-refractivity contribution in [3.8, 4) is 0 Å². The molecule has 3 aromatic carbocycles. The van der Waals surface area contributed by atoms with Crippen molar-refractivity contribution in [3.05, 3.63) is 111 Å². The number of nitro groups is 1. The lowest BCUT2D eigenvalue weighted by molar-refractivity contribution is -0.384. The second-order valence-electron chi connectivity index (χ2n) is 8.16. The molecule has 1 aromatic heterocycles. The lowest BCUT2D eigenvalue weighted by atomic mass is 9.94. The molecule has 2 heterocycles. The molecule has 174 valence electrons. The minimum absolute atomic E-state index is 0.102. The number of para-hydroxylation sites is 1. The normalized spacial score (nSPS) is 17.3. The van der Waals surface area contributed by atoms with E-state index in [9.17, 15) is 24.8 Å². The van der Waals surface area contributed by atoms with Crippen molar-refractivity contribution in [3.63, 3.8) is 0 Å². The number of Topliss-reactive ketones (excluding diaryl/α,β-unsaturated/α-hetero) is 1. The van der Waals surface area contributed by atoms with Gasteiger partial charge in [-0.1, -0.05) is 29.8 Å². The van der Waals surface area contributed by atoms with Gasteiger partial charge >= 0.3 is 0 Å². The molecule has 1 N–H and O–H groups in total. The van der Waals surface area contributed by atoms with Gasteiger partial charge in [-0.2, -0.15) is 0 Å². The van der Waals surface area contributed by atoms with Crippen molar-refractivity contribution < 1.29 is 19.6 Å². The van der Waals surface area contributed by atoms with Gasteiger partial charge in [0, 0.05) is 58.1 Å². The molecule has 1 saturated heterocycles. The Balaban J connectivity index is 1.77. The fourth-order valence-corrected chi connectivity index (χ4v) is 4.61. The molecule has 1 atom stereocenters. The zero-order valence-corrected chi connectivity index (χ0v) is 19.1. The highest BCUT2D eigenvalue weighted by Gasteiger charge is 2.47. The molecular formula is C26H18ClN3O5. The van der Waals surface area contributed by atoms with E-state index in [1.54, 1.807) is 24.3 Å². The van der Waals surface area contributed by atoms with Crippen LogP contribution in [-0.4, -0.2) is 26.3 Å². The molecule has 0 spiro atoms. The summed E-state index contributed by atoms with van der Waals surface area (Å²) in [5.74, 6) is -2.06. The van der Waals surface area contributed by atoms with E-state index in [0.717, 1.165) is 10.9 Å². The number of benzene rings is 3. The second-order valence-corrected chi connectivity index (χ2v) is 8.60. The molecule has 0 bridgehead atoms. The minimum Gasteiger partial charge on any atom is -0.507 e. The fraction of sp³-hybridized carbons (Fsp3) is 0.0769. The number of halogens is 1. The Morgan fingerprint density at radius 2 is 1.66 bits per heavy atom. The number of anilines is 1. The standard InChI is InChI=1S/C26H18ClN3O5/c1-28-14-20(19-4-2-3-5-21(19)28)23-22(24(31)15-6-10-18(11-7-15)30(34)35)25(32)26(33)29(23)17-12-8-16(27)9-13-17/h2-14,23,31H,1H3/b24-22+. The summed E-state index contributed by atoms with van der Waals surface area (Å²) in [5.41, 5.74) is 1.91. The van der Waals surface area contributed by atoms with Crippen molar-refractivity contribution in [2.24, 2.45) is 7.05 Å². The number of aromatic nitrogens is 1. The van der Waals surface area contributed by atoms with Crippen LogP contribution in [0.1, 0.15) is 17.2 Å². The Morgan fingerprint density at radius 3 is 2.31 bits per heavy atom. The number of ketones is 1. The van der Waals surface area contributed by atoms with Crippen LogP contribution >= 0.6 is 11.6 Å². The number of fused-ring (bicyclic) bond motifs is 1. The van der Waals surface area contributed by atoms with E-state index in [4.69, 9.17) is 11.6 Å². The average Bonchev–Trinajstić information content (AvgIpc) is 3.33. The first kappa shape index (κ1) is 22.4. The lowest BCUT2D eigenvalue weighted by Crippen LogP contribution is -2.29. The number of aliphatic hydroxyl groups is 1. The van der Waals surface area contributed by atoms with E-state index < -0.39 is 28.4 Å². The molecule has 9 heteroatoms. The van der Waals surface area contributed by atoms with Crippen LogP contribution in [0.25, 0.3) is 16.7 Å². The summed E-state index contributed by atoms with van der Waals surface area (Å²) in [6.45, 7) is 0. The van der Waals surface area contributed by atoms with Gasteiger partial charge in [0.25, 0.3) is 17.4 Å². The summed E-state index contributed by atoms with van der Waals surface area (Å²) in [4.78, 5) is 38.5. The zero-order valence-electron chi connectivity index (χ0n) is 18.4. The number of aliphatic hydroxyl groups excluding tert-OH is 1. The highest BCUT2D eigenvalue weighted by Crippen LogP contribution is 2.44. The van der Waals surface area contributed by atoms with Crippen LogP contribution in [0, 0.1) is 10.1 Å². The summed E-state index contributed by atoms with van der Waals surface area (Å²) in [6.07, 6.45) is 1.83. The van der Waals surface area contributed by atoms with Gasteiger partial charge in [-0.05, 0) is 42.5 Å². The fourth-order valence-electron chi connectivity index (χ4n) is 4.48. The number of carbonyl (C=O) groups is 2. The monoisotopic (exact) mass is 487 g/mol. The molecule has 1 aliphatic heterocycles. The van der Waals surface area contributed by atoms with Crippen LogP contribution < -0.4 is 4.90 Å². The Labute approximate surface area is 204 Å². The van der Waals surface area contributed by atoms with E-state index in [-0.39, 0.29) is 16.8 Å². The van der Waals surface area contributed by atoms with Gasteiger partial charge in [0.1, 0.15) is 5.76 Å². The third-order valence-corrected chi connectivity index (χ3v) is 6.38. The Kier molecular flexibility index (Phi) is 5.37. The van der Waals surface area contributed by atoms with Crippen molar-refractivity contribution in [1.82, 2.24) is 4.57 Å². The molecule has 8 nitrogen and oxygen atoms in total. The molecule has 35 heavy (non-hydrogen) atoms. The van der Waals surface area contributed by atoms with Crippen LogP contribution in [0.3, 0.4) is 0 Å². The van der Waals surface area contributed by atoms with Crippen molar-refractivity contribution in [2.45, 2.75) is 6.04 Å². The quantitative estimate of drug-likeness (QED) is 0.137. The highest BCUT2D eigenvalue weighted by atomic mass is 35.5. The van der Waals surface area contributed by atoms with E-state index in [1.807, 2.05) is 42.1 Å². The van der Waals surface area contributed by atoms with E-state index >= 15 is 0 Å². The van der Waals surface area contributed by atoms with Crippen LogP contribution in [0.5, 0.6) is 0 Å². The Morgan fingerprint density at radius 1 is 1.00 bits per heavy atom. The molecule has 0 aliphatic carbocycles. The molecule has 4 aromatic rings. The van der Waals surface area contributed by atoms with Crippen molar-refractivity contribution in [2.75, 3.05) is 4.90 Å². The maximum Gasteiger partial charge on any atom is 0.300 e. The summed E-state index contributed by atoms with van der Waals surface area (Å²) in [6, 6.07) is 18.3. The molecule has 0 saturated carbocycles. The zero-order chi connectivity index (χ0) is 24.9. The largest absolute Gasteiger partial charge is 0.507 e. The van der Waals surface area contributed by atoms with Crippen LogP contribution in [0.2, 0.25) is 5.02 Å². The Hall–Kier alpha value is -4.43. The average molecular weight is 488 g/mol. The summed E-state index contributed by atoms with van der Waals surface area (Å²) >= 11 is 6.04. The number of hydrogen-bond acceptors (Lipinski definition) is 5. The van der Waals surface area contributed by atoms with Gasteiger partial charge in [-0.3, -0.25) is 24.6 Å². The SMILES string of the molecule is Cn1cc(C2/C(=C(\O)c3ccc([N+](=O)[O-])cc3)C(=O)C(=O)N2c2ccc(Cl)cc2)c2ccccc21. The van der Waals surface area contributed by atoms with Crippen LogP contribution in [-0.2, 0) is 16.6 Å². The van der Waals surface area contributed by atoms with E-state index in [2.05, 4.69) is 0 Å². The highest BCUT2D eigenvalue weighted by molar-refractivity contribution is 6.52. The van der Waals surface area contributed by atoms with E-state index in [1.165, 1.54) is 29.2 Å². The summed E-state index contributed by atoms with van der Waals surface area (Å²) in [5, 5.41) is 23.6. The topological polar surface area (TPSA) is 106 Å². The van der Waals surface area contributed by atoms with Crippen LogP contribution in [0.4, 0.5) is 11.4 Å². The van der Waals surface area contributed by atoms with Gasteiger partial charge in [0.05, 0.1) is 16.5 Å². The number of hydrogen-bond donors (Lipinski definition) is 1. The van der Waals surface area contributed by atoms with Crippen molar-refractivity contribution in [1.29, 1.82) is 0 Å². The maximum atomic E-state index is 13.3. The predicted molar refractivity (Wildman–Crippen MR) is 132 cm³/mol. The van der Waals surface area contributed by atoms with Gasteiger partial charge in [-0.15, -0.1) is 0 Å². The lowest BCUT2D eigenvalue weighted by Gasteiger charge is -2.25. The third kappa shape index (κ3) is 3.64. The number of non-ortho nitro benzene ring substituents is 1. The first-order valence-electron chi connectivity index (χ1n) is 10.6. The summed E-state index contributed by atoms with van der Waals surface area (Å²) < 4.78 is 1.89. The molecule has 1 aliphatic rings. The number of amides is 1. The number of aryl methyl sites for hydroxylation is 1. The molecule has 1 amide bonds. The number of nitrogens with zero attached hydrogens (tertiary/aromatic N) is 3. The van der Waals surface area contributed by atoms with Crippen LogP contribution in [0.15, 0.2) is 84.6 Å². The predicted octanol–water partition coefficient (Wildman–Crippen LogP) is 5.37. The maximum absolute atomic E-state index is 13.3. The third-order valence-electron chi connectivity index (χ3n) is 6.12.